The van der Waals surface area contributed by atoms with E-state index < -0.39 is 67.8 Å². The Hall–Kier alpha value is -9.38. The van der Waals surface area contributed by atoms with Crippen molar-refractivity contribution in [2.45, 2.75) is 183 Å². The van der Waals surface area contributed by atoms with Crippen molar-refractivity contribution in [3.63, 3.8) is 0 Å². The lowest BCUT2D eigenvalue weighted by Crippen LogP contribution is -2.47. The van der Waals surface area contributed by atoms with Gasteiger partial charge in [-0.25, -0.2) is 4.98 Å². The second kappa shape index (κ2) is 38.1. The molecule has 0 bridgehead atoms. The molecule has 8 heterocycles. The summed E-state index contributed by atoms with van der Waals surface area (Å²) in [5.74, 6) is 0.489. The van der Waals surface area contributed by atoms with E-state index in [4.69, 9.17) is 4.74 Å². The number of hydrogen-bond donors (Lipinski definition) is 7. The zero-order chi connectivity index (χ0) is 80.7. The highest BCUT2D eigenvalue weighted by Gasteiger charge is 2.50. The van der Waals surface area contributed by atoms with Crippen LogP contribution in [0.2, 0.25) is 0 Å². The third-order valence-corrected chi connectivity index (χ3v) is 19.1. The molecule has 6 unspecified atom stereocenters. The first-order chi connectivity index (χ1) is 50.5. The van der Waals surface area contributed by atoms with Gasteiger partial charge in [-0.3, -0.25) is 39.7 Å². The van der Waals surface area contributed by atoms with Crippen molar-refractivity contribution in [1.82, 2.24) is 39.9 Å². The summed E-state index contributed by atoms with van der Waals surface area (Å²) in [6.45, 7) is 33.9. The Balaban J connectivity index is 0.000000233. The number of carbonyl (C=O) groups is 1. The minimum absolute atomic E-state index is 0.0123. The van der Waals surface area contributed by atoms with Gasteiger partial charge in [0.05, 0.1) is 58.8 Å². The first-order valence-electron chi connectivity index (χ1n) is 36.3. The molecule has 0 aliphatic heterocycles. The molecule has 7 N–H and O–H groups in total. The quantitative estimate of drug-likeness (QED) is 0.0421. The number of aromatic nitrogens is 8. The largest absolute Gasteiger partial charge is 0.497 e. The summed E-state index contributed by atoms with van der Waals surface area (Å²) in [4.78, 5) is 45.4. The maximum Gasteiger partial charge on any atom is 0.433 e. The van der Waals surface area contributed by atoms with Crippen LogP contribution < -0.4 is 4.74 Å². The van der Waals surface area contributed by atoms with Gasteiger partial charge >= 0.3 is 6.18 Å². The standard InChI is InChI=1S/C17H21NO2.C16H17F3N2O.C15H18N2O.C15H17NO.C13H19NO2.C12H19NO2/c1-16(2,3)17(19,15-10-5-6-11-18-15)13-8-7-9-14(12-13)20-4;1-14(2,3)15(22,11-7-4-5-10-20-11)12-8-6-9-13(21-12)16(17,18)19;1-11(2)15(18,13-8-4-5-10-16-13)14-9-6-7-12(3)17-14;1-12(2)15(17,13-8-4-3-5-9-13)14-10-6-7-11-16-14;1-5-11(15)13(16,12(2,3)4)10-8-6-7-9-14-10;1-4-11(14)12(15,9(2)3)10-7-5-6-8-13-10/h5-12,19H,1-4H3;4-10,22H,1-3H3;4-11,18H,1-3H3;3-12,17H,1-2H3;6-9,16H,5H2,1-4H3;5-9,11,14-15H,4H2,1-3H3/t;;;;;11-,12?/m.....0/s1. The summed E-state index contributed by atoms with van der Waals surface area (Å²) in [7, 11) is 1.62. The molecule has 108 heavy (non-hydrogen) atoms. The summed E-state index contributed by atoms with van der Waals surface area (Å²) in [5.41, 5.74) is -4.36. The van der Waals surface area contributed by atoms with Gasteiger partial charge < -0.3 is 40.5 Å². The number of halogens is 3. The van der Waals surface area contributed by atoms with E-state index in [-0.39, 0.29) is 34.9 Å². The van der Waals surface area contributed by atoms with Crippen LogP contribution in [-0.4, -0.2) is 94.6 Å². The number of aliphatic hydroxyl groups excluding tert-OH is 1. The maximum atomic E-state index is 12.9. The molecule has 0 radical (unpaired) electrons. The van der Waals surface area contributed by atoms with Crippen molar-refractivity contribution < 1.29 is 58.4 Å². The number of Topliss-reactive ketones (excluding diaryl/α,β-unsaturated/α-hetero) is 1. The molecule has 0 spiro atoms. The third kappa shape index (κ3) is 20.9. The molecule has 0 saturated heterocycles. The van der Waals surface area contributed by atoms with Crippen molar-refractivity contribution in [3.05, 3.63) is 305 Å². The van der Waals surface area contributed by atoms with Crippen LogP contribution in [0.4, 0.5) is 13.2 Å². The van der Waals surface area contributed by atoms with E-state index in [9.17, 15) is 53.7 Å². The molecule has 10 aromatic rings. The van der Waals surface area contributed by atoms with Gasteiger partial charge in [-0.15, -0.1) is 0 Å². The number of benzene rings is 2. The van der Waals surface area contributed by atoms with E-state index in [1.54, 1.807) is 114 Å². The average Bonchev–Trinajstić information content (AvgIpc) is 0.742. The third-order valence-electron chi connectivity index (χ3n) is 19.1. The first kappa shape index (κ1) is 89.2. The summed E-state index contributed by atoms with van der Waals surface area (Å²) in [6, 6.07) is 58.7. The van der Waals surface area contributed by atoms with Crippen LogP contribution in [0.3, 0.4) is 0 Å². The van der Waals surface area contributed by atoms with E-state index in [0.717, 1.165) is 28.6 Å². The fourth-order valence-corrected chi connectivity index (χ4v) is 12.3. The Morgan fingerprint density at radius 2 is 0.769 bits per heavy atom. The number of hydrogen-bond acceptors (Lipinski definition) is 17. The molecule has 0 fully saturated rings. The van der Waals surface area contributed by atoms with Gasteiger partial charge in [-0.05, 0) is 151 Å². The Morgan fingerprint density at radius 3 is 1.15 bits per heavy atom. The highest BCUT2D eigenvalue weighted by atomic mass is 19.4. The molecule has 7 atom stereocenters. The topological polar surface area (TPSA) is 271 Å². The van der Waals surface area contributed by atoms with Crippen molar-refractivity contribution in [1.29, 1.82) is 0 Å². The minimum atomic E-state index is -4.57. The number of alkyl halides is 3. The van der Waals surface area contributed by atoms with Crippen LogP contribution in [0, 0.1) is 40.9 Å². The molecule has 20 heteroatoms. The lowest BCUT2D eigenvalue weighted by Gasteiger charge is -2.40. The zero-order valence-electron chi connectivity index (χ0n) is 65.9. The molecular weight excluding hydrogens is 1370 g/mol. The van der Waals surface area contributed by atoms with Gasteiger partial charge in [0.25, 0.3) is 0 Å². The molecule has 8 aromatic heterocycles. The van der Waals surface area contributed by atoms with Gasteiger partial charge in [0.2, 0.25) is 0 Å². The fourth-order valence-electron chi connectivity index (χ4n) is 12.3. The predicted molar refractivity (Wildman–Crippen MR) is 417 cm³/mol. The van der Waals surface area contributed by atoms with Crippen LogP contribution in [0.5, 0.6) is 5.75 Å². The summed E-state index contributed by atoms with van der Waals surface area (Å²) >= 11 is 0. The van der Waals surface area contributed by atoms with Crippen molar-refractivity contribution in [3.8, 4) is 5.75 Å². The predicted octanol–water partition coefficient (Wildman–Crippen LogP) is 16.8. The number of nitrogens with zero attached hydrogens (tertiary/aromatic N) is 8. The highest BCUT2D eigenvalue weighted by Crippen LogP contribution is 2.47. The van der Waals surface area contributed by atoms with Crippen LogP contribution in [0.1, 0.15) is 199 Å². The summed E-state index contributed by atoms with van der Waals surface area (Å²) < 4.78 is 44.0. The minimum Gasteiger partial charge on any atom is -0.497 e. The molecule has 0 saturated carbocycles. The van der Waals surface area contributed by atoms with E-state index >= 15 is 0 Å². The summed E-state index contributed by atoms with van der Waals surface area (Å²) in [5, 5.41) is 75.7. The van der Waals surface area contributed by atoms with E-state index in [1.165, 1.54) is 18.3 Å². The Labute approximate surface area is 636 Å². The van der Waals surface area contributed by atoms with Crippen molar-refractivity contribution in [2.24, 2.45) is 34.0 Å². The molecule has 17 nitrogen and oxygen atoms in total. The molecule has 2 aromatic carbocycles. The lowest BCUT2D eigenvalue weighted by atomic mass is 9.70. The zero-order valence-corrected chi connectivity index (χ0v) is 65.9. The monoisotopic (exact) mass is 1480 g/mol. The van der Waals surface area contributed by atoms with E-state index in [0.29, 0.717) is 47.0 Å². The second-order valence-corrected chi connectivity index (χ2v) is 30.4. The number of methoxy groups -OCH3 is 1. The second-order valence-electron chi connectivity index (χ2n) is 30.4. The first-order valence-corrected chi connectivity index (χ1v) is 36.3. The van der Waals surface area contributed by atoms with Crippen LogP contribution >= 0.6 is 0 Å². The number of rotatable bonds is 18. The molecule has 10 rings (SSSR count). The number of ether oxygens (including phenoxy) is 1. The van der Waals surface area contributed by atoms with Crippen molar-refractivity contribution in [2.75, 3.05) is 7.11 Å². The van der Waals surface area contributed by atoms with Gasteiger partial charge in [-0.1, -0.05) is 209 Å². The fraction of sp³-hybridized carbons (Fsp3) is 0.398. The van der Waals surface area contributed by atoms with E-state index in [2.05, 4.69) is 39.9 Å². The number of carbonyl (C=O) groups excluding carboxylic acids is 1. The lowest BCUT2D eigenvalue weighted by molar-refractivity contribution is -0.152. The van der Waals surface area contributed by atoms with Crippen LogP contribution in [0.15, 0.2) is 237 Å². The maximum absolute atomic E-state index is 12.9. The number of aryl methyl sites for hydroxylation is 1. The normalized spacial score (nSPS) is 15.3. The van der Waals surface area contributed by atoms with E-state index in [1.807, 2.05) is 230 Å². The number of aliphatic hydroxyl groups is 7. The molecule has 0 amide bonds. The van der Waals surface area contributed by atoms with Crippen LogP contribution in [-0.2, 0) is 44.6 Å². The summed E-state index contributed by atoms with van der Waals surface area (Å²) in [6.07, 6.45) is 5.26. The van der Waals surface area contributed by atoms with Gasteiger partial charge in [0.15, 0.2) is 22.6 Å². The Kier molecular flexibility index (Phi) is 31.5. The molecule has 0 aliphatic carbocycles. The number of ketones is 1. The highest BCUT2D eigenvalue weighted by molar-refractivity contribution is 5.88. The smallest absolute Gasteiger partial charge is 0.433 e. The molecule has 0 aliphatic rings. The van der Waals surface area contributed by atoms with Gasteiger partial charge in [0.1, 0.15) is 28.2 Å². The Bertz CT molecular complexity index is 4270. The molecule has 578 valence electrons. The van der Waals surface area contributed by atoms with Crippen LogP contribution in [0.25, 0.3) is 0 Å². The van der Waals surface area contributed by atoms with Crippen molar-refractivity contribution >= 4 is 5.78 Å². The average molecular weight is 1480 g/mol. The number of pyridine rings is 8. The Morgan fingerprint density at radius 1 is 0.398 bits per heavy atom. The molecular formula is C88H111F3N8O9. The van der Waals surface area contributed by atoms with Gasteiger partial charge in [-0.2, -0.15) is 13.2 Å². The SMILES string of the molecule is CC(C)(C)C(O)(c1ccccn1)c1cccc(C(F)(F)F)n1.CC(C)C(O)(c1ccccc1)c1ccccn1.CCC(=O)C(O)(c1ccccn1)C(C)(C)C.CC[C@H](O)C(O)(c1ccccn1)C(C)C.COc1cccc(C(O)(c2ccccn2)C(C)(C)C)c1.Cc1cccc(C(O)(c2ccccn2)C(C)C)n1. The van der Waals surface area contributed by atoms with Gasteiger partial charge in [0, 0.05) is 65.5 Å².